The van der Waals surface area contributed by atoms with Gasteiger partial charge in [-0.3, -0.25) is 4.98 Å². The fourth-order valence-corrected chi connectivity index (χ4v) is 2.89. The Morgan fingerprint density at radius 2 is 1.95 bits per heavy atom. The van der Waals surface area contributed by atoms with Crippen LogP contribution in [0.25, 0.3) is 0 Å². The van der Waals surface area contributed by atoms with Gasteiger partial charge in [0.1, 0.15) is 0 Å². The maximum Gasteiger partial charge on any atom is 0.0411 e. The molecule has 3 heteroatoms. The summed E-state index contributed by atoms with van der Waals surface area (Å²) in [4.78, 5) is 5.69. The van der Waals surface area contributed by atoms with Crippen molar-refractivity contribution in [3.05, 3.63) is 59.9 Å². The van der Waals surface area contributed by atoms with E-state index in [0.29, 0.717) is 0 Å². The first-order chi connectivity index (χ1) is 10.0. The zero-order chi connectivity index (χ0) is 15.1. The molecule has 112 valence electrons. The van der Waals surface area contributed by atoms with E-state index in [-0.39, 0.29) is 5.54 Å². The van der Waals surface area contributed by atoms with E-state index in [0.717, 1.165) is 24.4 Å². The summed E-state index contributed by atoms with van der Waals surface area (Å²) < 4.78 is 0. The van der Waals surface area contributed by atoms with Gasteiger partial charge in [-0.25, -0.2) is 0 Å². The number of benzene rings is 1. The molecular weight excluding hydrogens is 276 g/mol. The third-order valence-electron chi connectivity index (χ3n) is 3.07. The largest absolute Gasteiger partial charge is 0.308 e. The van der Waals surface area contributed by atoms with E-state index in [1.54, 1.807) is 0 Å². The smallest absolute Gasteiger partial charge is 0.0411 e. The van der Waals surface area contributed by atoms with E-state index < -0.39 is 0 Å². The molecule has 0 aliphatic heterocycles. The number of nitrogens with one attached hydrogen (secondary N) is 1. The number of hydrogen-bond acceptors (Lipinski definition) is 3. The third kappa shape index (κ3) is 6.32. The molecule has 1 heterocycles. The van der Waals surface area contributed by atoms with Gasteiger partial charge in [0.2, 0.25) is 0 Å². The molecule has 1 aromatic carbocycles. The Morgan fingerprint density at radius 3 is 2.67 bits per heavy atom. The van der Waals surface area contributed by atoms with Crippen molar-refractivity contribution in [2.75, 3.05) is 5.75 Å². The summed E-state index contributed by atoms with van der Waals surface area (Å²) in [6.45, 7) is 7.49. The molecule has 1 aromatic heterocycles. The predicted molar refractivity (Wildman–Crippen MR) is 91.7 cm³/mol. The van der Waals surface area contributed by atoms with Crippen LogP contribution < -0.4 is 5.32 Å². The van der Waals surface area contributed by atoms with Crippen LogP contribution in [0.5, 0.6) is 0 Å². The van der Waals surface area contributed by atoms with Crippen LogP contribution in [0.2, 0.25) is 0 Å². The number of thioether (sulfide) groups is 1. The minimum atomic E-state index is 0.155. The average molecular weight is 300 g/mol. The van der Waals surface area contributed by atoms with Crippen molar-refractivity contribution in [2.24, 2.45) is 0 Å². The van der Waals surface area contributed by atoms with Gasteiger partial charge in [-0.2, -0.15) is 0 Å². The zero-order valence-electron chi connectivity index (χ0n) is 13.1. The van der Waals surface area contributed by atoms with Crippen LogP contribution in [0.3, 0.4) is 0 Å². The SMILES string of the molecule is CC(C)(C)NCc1cccc(SCCc2ccccn2)c1. The fourth-order valence-electron chi connectivity index (χ4n) is 1.93. The number of aromatic nitrogens is 1. The number of hydrogen-bond donors (Lipinski definition) is 1. The van der Waals surface area contributed by atoms with E-state index in [1.807, 2.05) is 30.1 Å². The molecule has 0 fully saturated rings. The zero-order valence-corrected chi connectivity index (χ0v) is 13.9. The lowest BCUT2D eigenvalue weighted by Crippen LogP contribution is -2.35. The molecular formula is C18H24N2S. The summed E-state index contributed by atoms with van der Waals surface area (Å²) in [5.74, 6) is 1.06. The number of aryl methyl sites for hydroxylation is 1. The van der Waals surface area contributed by atoms with Crippen LogP contribution in [0.1, 0.15) is 32.0 Å². The minimum Gasteiger partial charge on any atom is -0.308 e. The number of nitrogens with zero attached hydrogens (tertiary/aromatic N) is 1. The molecule has 0 spiro atoms. The lowest BCUT2D eigenvalue weighted by atomic mass is 10.1. The topological polar surface area (TPSA) is 24.9 Å². The second kappa shape index (κ2) is 7.62. The quantitative estimate of drug-likeness (QED) is 0.805. The van der Waals surface area contributed by atoms with E-state index in [4.69, 9.17) is 0 Å². The van der Waals surface area contributed by atoms with Gasteiger partial charge in [0, 0.05) is 34.6 Å². The van der Waals surface area contributed by atoms with Gasteiger partial charge >= 0.3 is 0 Å². The summed E-state index contributed by atoms with van der Waals surface area (Å²) in [7, 11) is 0. The van der Waals surface area contributed by atoms with Crippen LogP contribution in [0, 0.1) is 0 Å². The molecule has 0 saturated carbocycles. The molecule has 0 amide bonds. The number of rotatable bonds is 6. The van der Waals surface area contributed by atoms with Crippen LogP contribution in [0.15, 0.2) is 53.6 Å². The maximum atomic E-state index is 4.36. The lowest BCUT2D eigenvalue weighted by molar-refractivity contribution is 0.424. The molecule has 0 saturated heterocycles. The molecule has 2 rings (SSSR count). The van der Waals surface area contributed by atoms with E-state index >= 15 is 0 Å². The highest BCUT2D eigenvalue weighted by Crippen LogP contribution is 2.20. The Labute approximate surface area is 132 Å². The number of pyridine rings is 1. The molecule has 0 aliphatic rings. The minimum absolute atomic E-state index is 0.155. The van der Waals surface area contributed by atoms with Crippen molar-refractivity contribution in [1.82, 2.24) is 10.3 Å². The molecule has 0 radical (unpaired) electrons. The van der Waals surface area contributed by atoms with Crippen molar-refractivity contribution < 1.29 is 0 Å². The molecule has 2 aromatic rings. The lowest BCUT2D eigenvalue weighted by Gasteiger charge is -2.20. The molecule has 0 unspecified atom stereocenters. The van der Waals surface area contributed by atoms with Crippen molar-refractivity contribution >= 4 is 11.8 Å². The van der Waals surface area contributed by atoms with Gasteiger partial charge in [0.25, 0.3) is 0 Å². The summed E-state index contributed by atoms with van der Waals surface area (Å²) in [5, 5.41) is 3.53. The average Bonchev–Trinajstić information content (AvgIpc) is 2.46. The summed E-state index contributed by atoms with van der Waals surface area (Å²) in [6, 6.07) is 14.9. The Hall–Kier alpha value is -1.32. The Balaban J connectivity index is 1.83. The van der Waals surface area contributed by atoms with Crippen molar-refractivity contribution in [3.8, 4) is 0 Å². The van der Waals surface area contributed by atoms with Gasteiger partial charge in [-0.05, 0) is 57.0 Å². The molecule has 21 heavy (non-hydrogen) atoms. The fraction of sp³-hybridized carbons (Fsp3) is 0.389. The van der Waals surface area contributed by atoms with E-state index in [2.05, 4.69) is 61.4 Å². The third-order valence-corrected chi connectivity index (χ3v) is 4.07. The van der Waals surface area contributed by atoms with Gasteiger partial charge in [0.05, 0.1) is 0 Å². The van der Waals surface area contributed by atoms with Crippen molar-refractivity contribution in [1.29, 1.82) is 0 Å². The highest BCUT2D eigenvalue weighted by atomic mass is 32.2. The van der Waals surface area contributed by atoms with Gasteiger partial charge in [-0.1, -0.05) is 18.2 Å². The highest BCUT2D eigenvalue weighted by Gasteiger charge is 2.08. The maximum absolute atomic E-state index is 4.36. The molecule has 0 aliphatic carbocycles. The molecule has 2 nitrogen and oxygen atoms in total. The monoisotopic (exact) mass is 300 g/mol. The highest BCUT2D eigenvalue weighted by molar-refractivity contribution is 7.99. The van der Waals surface area contributed by atoms with Crippen LogP contribution in [-0.4, -0.2) is 16.3 Å². The van der Waals surface area contributed by atoms with Gasteiger partial charge in [0.15, 0.2) is 0 Å². The first-order valence-electron chi connectivity index (χ1n) is 7.40. The second-order valence-corrected chi connectivity index (χ2v) is 7.34. The van der Waals surface area contributed by atoms with Gasteiger partial charge < -0.3 is 5.32 Å². The molecule has 0 atom stereocenters. The first kappa shape index (κ1) is 16.1. The summed E-state index contributed by atoms with van der Waals surface area (Å²) in [6.07, 6.45) is 2.87. The van der Waals surface area contributed by atoms with Gasteiger partial charge in [-0.15, -0.1) is 11.8 Å². The van der Waals surface area contributed by atoms with Crippen LogP contribution in [-0.2, 0) is 13.0 Å². The Morgan fingerprint density at radius 1 is 1.10 bits per heavy atom. The standard InChI is InChI=1S/C18H24N2S/c1-18(2,3)20-14-15-7-6-9-17(13-15)21-12-10-16-8-4-5-11-19-16/h4-9,11,13,20H,10,12,14H2,1-3H3. The molecule has 1 N–H and O–H groups in total. The normalized spacial score (nSPS) is 11.6. The Bertz CT molecular complexity index is 547. The van der Waals surface area contributed by atoms with Crippen LogP contribution in [0.4, 0.5) is 0 Å². The van der Waals surface area contributed by atoms with Crippen molar-refractivity contribution in [2.45, 2.75) is 44.2 Å². The van der Waals surface area contributed by atoms with Crippen LogP contribution >= 0.6 is 11.8 Å². The van der Waals surface area contributed by atoms with E-state index in [9.17, 15) is 0 Å². The summed E-state index contributed by atoms with van der Waals surface area (Å²) in [5.41, 5.74) is 2.66. The van der Waals surface area contributed by atoms with E-state index in [1.165, 1.54) is 10.5 Å². The summed E-state index contributed by atoms with van der Waals surface area (Å²) >= 11 is 1.89. The first-order valence-corrected chi connectivity index (χ1v) is 8.38. The second-order valence-electron chi connectivity index (χ2n) is 6.17. The molecule has 0 bridgehead atoms. The predicted octanol–water partition coefficient (Wildman–Crippen LogP) is 4.30. The Kier molecular flexibility index (Phi) is 5.83. The van der Waals surface area contributed by atoms with Crippen molar-refractivity contribution in [3.63, 3.8) is 0 Å².